The molecule has 0 aliphatic rings. The number of hydrogen-bond donors (Lipinski definition) is 1. The summed E-state index contributed by atoms with van der Waals surface area (Å²) >= 11 is 0. The van der Waals surface area contributed by atoms with E-state index in [4.69, 9.17) is 10.5 Å². The lowest BCUT2D eigenvalue weighted by Gasteiger charge is -2.08. The van der Waals surface area contributed by atoms with E-state index >= 15 is 0 Å². The number of methoxy groups -OCH3 is 1. The lowest BCUT2D eigenvalue weighted by atomic mass is 9.97. The minimum absolute atomic E-state index is 0. The van der Waals surface area contributed by atoms with Gasteiger partial charge in [-0.3, -0.25) is 4.68 Å². The summed E-state index contributed by atoms with van der Waals surface area (Å²) in [5, 5.41) is 6.82. The van der Waals surface area contributed by atoms with Crippen LogP contribution in [0.5, 0.6) is 0 Å². The fraction of sp³-hybridized carbons (Fsp3) is 0.235. The Balaban J connectivity index is 0.00000176. The molecule has 2 aromatic carbocycles. The molecule has 0 aliphatic carbocycles. The Kier molecular flexibility index (Phi) is 5.55. The first kappa shape index (κ1) is 16.5. The quantitative estimate of drug-likeness (QED) is 0.786. The molecule has 0 radical (unpaired) electrons. The van der Waals surface area contributed by atoms with Crippen molar-refractivity contribution in [2.24, 2.45) is 5.73 Å². The number of fused-ring (bicyclic) bond motifs is 1. The maximum absolute atomic E-state index is 5.83. The molecule has 2 N–H and O–H groups in total. The molecule has 5 heteroatoms. The van der Waals surface area contributed by atoms with Crippen molar-refractivity contribution < 1.29 is 4.74 Å². The fourth-order valence-corrected chi connectivity index (χ4v) is 2.60. The third kappa shape index (κ3) is 3.14. The number of ether oxygens (including phenoxy) is 1. The van der Waals surface area contributed by atoms with Gasteiger partial charge in [0.15, 0.2) is 0 Å². The van der Waals surface area contributed by atoms with E-state index in [1.807, 2.05) is 16.9 Å². The number of nitrogens with zero attached hydrogens (tertiary/aromatic N) is 2. The van der Waals surface area contributed by atoms with Crippen molar-refractivity contribution >= 4 is 23.2 Å². The summed E-state index contributed by atoms with van der Waals surface area (Å²) in [4.78, 5) is 0. The van der Waals surface area contributed by atoms with Crippen LogP contribution < -0.4 is 5.73 Å². The molecule has 1 aromatic heterocycles. The summed E-state index contributed by atoms with van der Waals surface area (Å²) in [5.74, 6) is 0. The van der Waals surface area contributed by atoms with Crippen molar-refractivity contribution in [3.05, 3.63) is 54.4 Å². The van der Waals surface area contributed by atoms with Gasteiger partial charge in [0.25, 0.3) is 0 Å². The molecule has 22 heavy (non-hydrogen) atoms. The van der Waals surface area contributed by atoms with Gasteiger partial charge in [0.05, 0.1) is 19.3 Å². The first-order chi connectivity index (χ1) is 10.3. The largest absolute Gasteiger partial charge is 0.383 e. The van der Waals surface area contributed by atoms with Gasteiger partial charge in [-0.05, 0) is 21.9 Å². The lowest BCUT2D eigenvalue weighted by molar-refractivity contribution is 0.183. The third-order valence-corrected chi connectivity index (χ3v) is 3.70. The standard InChI is InChI=1S/C17H19N3O.ClH/c1-21-9-8-20-12-14(11-19-20)16-7-6-13(10-18)15-4-2-3-5-17(15)16;/h2-7,11-12H,8-10,18H2,1H3;1H. The summed E-state index contributed by atoms with van der Waals surface area (Å²) in [6, 6.07) is 12.6. The van der Waals surface area contributed by atoms with Crippen molar-refractivity contribution in [1.29, 1.82) is 0 Å². The predicted molar refractivity (Wildman–Crippen MR) is 92.2 cm³/mol. The molecule has 0 saturated heterocycles. The smallest absolute Gasteiger partial charge is 0.0658 e. The highest BCUT2D eigenvalue weighted by atomic mass is 35.5. The Labute approximate surface area is 136 Å². The van der Waals surface area contributed by atoms with Crippen LogP contribution >= 0.6 is 12.4 Å². The van der Waals surface area contributed by atoms with Crippen LogP contribution in [0.2, 0.25) is 0 Å². The van der Waals surface area contributed by atoms with E-state index in [0.717, 1.165) is 12.1 Å². The molecular weight excluding hydrogens is 298 g/mol. The number of nitrogens with two attached hydrogens (primary N) is 1. The highest BCUT2D eigenvalue weighted by Crippen LogP contribution is 2.30. The van der Waals surface area contributed by atoms with E-state index in [9.17, 15) is 0 Å². The Morgan fingerprint density at radius 2 is 1.91 bits per heavy atom. The van der Waals surface area contributed by atoms with E-state index in [1.165, 1.54) is 21.9 Å². The normalized spacial score (nSPS) is 10.6. The Hall–Kier alpha value is -1.88. The van der Waals surface area contributed by atoms with E-state index in [0.29, 0.717) is 13.2 Å². The molecule has 0 fully saturated rings. The van der Waals surface area contributed by atoms with Gasteiger partial charge in [0.1, 0.15) is 0 Å². The van der Waals surface area contributed by atoms with Gasteiger partial charge in [-0.15, -0.1) is 12.4 Å². The molecule has 3 rings (SSSR count). The highest BCUT2D eigenvalue weighted by molar-refractivity contribution is 5.98. The van der Waals surface area contributed by atoms with Gasteiger partial charge in [-0.25, -0.2) is 0 Å². The first-order valence-corrected chi connectivity index (χ1v) is 7.06. The molecular formula is C17H20ClN3O. The highest BCUT2D eigenvalue weighted by Gasteiger charge is 2.08. The van der Waals surface area contributed by atoms with Gasteiger partial charge < -0.3 is 10.5 Å². The maximum atomic E-state index is 5.83. The van der Waals surface area contributed by atoms with Gasteiger partial charge in [-0.2, -0.15) is 5.10 Å². The van der Waals surface area contributed by atoms with E-state index in [-0.39, 0.29) is 12.4 Å². The Morgan fingerprint density at radius 3 is 2.64 bits per heavy atom. The monoisotopic (exact) mass is 317 g/mol. The molecule has 4 nitrogen and oxygen atoms in total. The van der Waals surface area contributed by atoms with Crippen molar-refractivity contribution in [3.8, 4) is 11.1 Å². The van der Waals surface area contributed by atoms with Crippen molar-refractivity contribution in [2.75, 3.05) is 13.7 Å². The number of benzene rings is 2. The number of rotatable bonds is 5. The van der Waals surface area contributed by atoms with Gasteiger partial charge >= 0.3 is 0 Å². The van der Waals surface area contributed by atoms with Crippen LogP contribution in [-0.4, -0.2) is 23.5 Å². The molecule has 0 unspecified atom stereocenters. The fourth-order valence-electron chi connectivity index (χ4n) is 2.60. The molecule has 3 aromatic rings. The van der Waals surface area contributed by atoms with Gasteiger partial charge in [0.2, 0.25) is 0 Å². The minimum Gasteiger partial charge on any atom is -0.383 e. The molecule has 116 valence electrons. The molecule has 0 bridgehead atoms. The van der Waals surface area contributed by atoms with Crippen LogP contribution in [0.3, 0.4) is 0 Å². The zero-order valence-electron chi connectivity index (χ0n) is 12.5. The number of hydrogen-bond acceptors (Lipinski definition) is 3. The van der Waals surface area contributed by atoms with Crippen molar-refractivity contribution in [3.63, 3.8) is 0 Å². The Bertz CT molecular complexity index is 754. The molecule has 0 amide bonds. The SMILES string of the molecule is COCCn1cc(-c2ccc(CN)c3ccccc23)cn1.Cl. The third-order valence-electron chi connectivity index (χ3n) is 3.70. The summed E-state index contributed by atoms with van der Waals surface area (Å²) in [7, 11) is 1.70. The molecule has 0 saturated carbocycles. The maximum Gasteiger partial charge on any atom is 0.0658 e. The molecule has 0 aliphatic heterocycles. The molecule has 1 heterocycles. The first-order valence-electron chi connectivity index (χ1n) is 7.06. The van der Waals surface area contributed by atoms with Crippen molar-refractivity contribution in [2.45, 2.75) is 13.1 Å². The average molecular weight is 318 g/mol. The zero-order chi connectivity index (χ0) is 14.7. The van der Waals surface area contributed by atoms with Crippen LogP contribution in [0.4, 0.5) is 0 Å². The second-order valence-corrected chi connectivity index (χ2v) is 5.01. The van der Waals surface area contributed by atoms with Crippen LogP contribution in [0, 0.1) is 0 Å². The van der Waals surface area contributed by atoms with E-state index in [1.54, 1.807) is 7.11 Å². The second kappa shape index (κ2) is 7.40. The van der Waals surface area contributed by atoms with Crippen LogP contribution in [-0.2, 0) is 17.8 Å². The van der Waals surface area contributed by atoms with Gasteiger partial charge in [0, 0.05) is 25.4 Å². The number of halogens is 1. The summed E-state index contributed by atoms with van der Waals surface area (Å²) < 4.78 is 6.99. The molecule has 0 spiro atoms. The summed E-state index contributed by atoms with van der Waals surface area (Å²) in [5.41, 5.74) is 9.30. The van der Waals surface area contributed by atoms with Gasteiger partial charge in [-0.1, -0.05) is 36.4 Å². The lowest BCUT2D eigenvalue weighted by Crippen LogP contribution is -2.03. The van der Waals surface area contributed by atoms with Crippen molar-refractivity contribution in [1.82, 2.24) is 9.78 Å². The minimum atomic E-state index is 0. The zero-order valence-corrected chi connectivity index (χ0v) is 13.3. The summed E-state index contributed by atoms with van der Waals surface area (Å²) in [6.07, 6.45) is 3.96. The summed E-state index contributed by atoms with van der Waals surface area (Å²) in [6.45, 7) is 1.97. The Morgan fingerprint density at radius 1 is 1.14 bits per heavy atom. The van der Waals surface area contributed by atoms with Crippen LogP contribution in [0.25, 0.3) is 21.9 Å². The van der Waals surface area contributed by atoms with Crippen LogP contribution in [0.1, 0.15) is 5.56 Å². The van der Waals surface area contributed by atoms with Crippen LogP contribution in [0.15, 0.2) is 48.8 Å². The average Bonchev–Trinajstić information content (AvgIpc) is 3.00. The van der Waals surface area contributed by atoms with E-state index < -0.39 is 0 Å². The predicted octanol–water partition coefficient (Wildman–Crippen LogP) is 3.23. The van der Waals surface area contributed by atoms with E-state index in [2.05, 4.69) is 41.6 Å². The number of aromatic nitrogens is 2. The topological polar surface area (TPSA) is 53.1 Å². The molecule has 0 atom stereocenters. The second-order valence-electron chi connectivity index (χ2n) is 5.01.